The van der Waals surface area contributed by atoms with Gasteiger partial charge in [0.15, 0.2) is 5.13 Å². The van der Waals surface area contributed by atoms with Gasteiger partial charge >= 0.3 is 0 Å². The molecule has 3 aromatic rings. The first kappa shape index (κ1) is 21.8. The van der Waals surface area contributed by atoms with Crippen LogP contribution in [0.5, 0.6) is 0 Å². The van der Waals surface area contributed by atoms with Gasteiger partial charge in [-0.05, 0) is 31.0 Å². The summed E-state index contributed by atoms with van der Waals surface area (Å²) in [6, 6.07) is 3.86. The number of rotatable bonds is 5. The third-order valence-electron chi connectivity index (χ3n) is 4.06. The zero-order chi connectivity index (χ0) is 21.3. The molecule has 0 unspecified atom stereocenters. The zero-order valence-corrected chi connectivity index (χ0v) is 19.6. The number of aryl methyl sites for hydroxylation is 2. The second-order valence-corrected chi connectivity index (χ2v) is 9.97. The minimum absolute atomic E-state index is 0.140. The van der Waals surface area contributed by atoms with Crippen molar-refractivity contribution < 1.29 is 9.21 Å². The lowest BCUT2D eigenvalue weighted by atomic mass is 9.97. The van der Waals surface area contributed by atoms with Gasteiger partial charge in [-0.3, -0.25) is 9.69 Å². The van der Waals surface area contributed by atoms with E-state index in [1.54, 1.807) is 4.90 Å². The van der Waals surface area contributed by atoms with Gasteiger partial charge in [0.1, 0.15) is 0 Å². The van der Waals surface area contributed by atoms with Crippen molar-refractivity contribution in [3.05, 3.63) is 45.2 Å². The van der Waals surface area contributed by atoms with Crippen molar-refractivity contribution in [2.45, 2.75) is 57.9 Å². The van der Waals surface area contributed by atoms with Gasteiger partial charge in [0.2, 0.25) is 11.8 Å². The fourth-order valence-electron chi connectivity index (χ4n) is 2.75. The number of nitrogens with zero attached hydrogens (tertiary/aromatic N) is 4. The summed E-state index contributed by atoms with van der Waals surface area (Å²) in [4.78, 5) is 18.6. The molecule has 0 spiro atoms. The van der Waals surface area contributed by atoms with Gasteiger partial charge in [-0.2, -0.15) is 0 Å². The van der Waals surface area contributed by atoms with Gasteiger partial charge < -0.3 is 4.42 Å². The summed E-state index contributed by atoms with van der Waals surface area (Å²) in [5, 5.41) is 11.7. The number of anilines is 2. The van der Waals surface area contributed by atoms with Crippen LogP contribution in [0.4, 0.5) is 10.8 Å². The number of carbonyl (C=O) groups is 1. The van der Waals surface area contributed by atoms with Gasteiger partial charge in [0.25, 0.3) is 5.22 Å². The normalized spacial score (nSPS) is 11.7. The van der Waals surface area contributed by atoms with Crippen LogP contribution in [0.1, 0.15) is 50.4 Å². The molecule has 0 saturated heterocycles. The average molecular weight is 451 g/mol. The summed E-state index contributed by atoms with van der Waals surface area (Å²) in [6.07, 6.45) is 0. The van der Waals surface area contributed by atoms with E-state index in [1.807, 2.05) is 52.1 Å². The molecule has 0 N–H and O–H groups in total. The third kappa shape index (κ3) is 4.99. The summed E-state index contributed by atoms with van der Waals surface area (Å²) in [5.41, 5.74) is 3.29. The Balaban J connectivity index is 1.80. The number of halogens is 1. The highest BCUT2D eigenvalue weighted by atomic mass is 35.5. The van der Waals surface area contributed by atoms with E-state index in [9.17, 15) is 4.79 Å². The monoisotopic (exact) mass is 450 g/mol. The van der Waals surface area contributed by atoms with Crippen molar-refractivity contribution in [3.63, 3.8) is 0 Å². The second kappa shape index (κ2) is 8.45. The maximum atomic E-state index is 12.4. The molecule has 154 valence electrons. The van der Waals surface area contributed by atoms with Crippen LogP contribution in [0.3, 0.4) is 0 Å². The summed E-state index contributed by atoms with van der Waals surface area (Å²) >= 11 is 9.29. The molecule has 0 aliphatic heterocycles. The van der Waals surface area contributed by atoms with Crippen LogP contribution in [-0.2, 0) is 16.0 Å². The molecule has 0 fully saturated rings. The maximum absolute atomic E-state index is 12.4. The first-order chi connectivity index (χ1) is 13.6. The third-order valence-corrected chi connectivity index (χ3v) is 6.07. The zero-order valence-electron chi connectivity index (χ0n) is 17.2. The Morgan fingerprint density at radius 2 is 2.00 bits per heavy atom. The van der Waals surface area contributed by atoms with Crippen molar-refractivity contribution in [1.29, 1.82) is 0 Å². The molecule has 9 heteroatoms. The lowest BCUT2D eigenvalue weighted by Crippen LogP contribution is -2.24. The number of hydrogen-bond acceptors (Lipinski definition) is 7. The highest BCUT2D eigenvalue weighted by Gasteiger charge is 2.24. The van der Waals surface area contributed by atoms with Gasteiger partial charge in [-0.15, -0.1) is 21.5 Å². The maximum Gasteiger partial charge on any atom is 0.276 e. The first-order valence-corrected chi connectivity index (χ1v) is 11.3. The molecule has 29 heavy (non-hydrogen) atoms. The van der Waals surface area contributed by atoms with E-state index in [0.717, 1.165) is 16.8 Å². The van der Waals surface area contributed by atoms with E-state index in [0.29, 0.717) is 32.7 Å². The summed E-state index contributed by atoms with van der Waals surface area (Å²) in [5.74, 6) is 1.03. The van der Waals surface area contributed by atoms with Crippen LogP contribution >= 0.6 is 34.7 Å². The molecule has 0 aliphatic carbocycles. The first-order valence-electron chi connectivity index (χ1n) is 9.05. The number of thioether (sulfide) groups is 1. The minimum Gasteiger partial charge on any atom is -0.415 e. The Kier molecular flexibility index (Phi) is 6.36. The van der Waals surface area contributed by atoms with Gasteiger partial charge in [0.05, 0.1) is 16.4 Å². The summed E-state index contributed by atoms with van der Waals surface area (Å²) in [7, 11) is 0. The number of hydrogen-bond donors (Lipinski definition) is 0. The average Bonchev–Trinajstić information content (AvgIpc) is 3.24. The Hall–Kier alpha value is -1.90. The predicted octanol–water partition coefficient (Wildman–Crippen LogP) is 6.07. The highest BCUT2D eigenvalue weighted by molar-refractivity contribution is 7.98. The van der Waals surface area contributed by atoms with Crippen LogP contribution in [0.2, 0.25) is 5.02 Å². The van der Waals surface area contributed by atoms with Gasteiger partial charge in [-0.25, -0.2) is 4.98 Å². The Morgan fingerprint density at radius 3 is 2.59 bits per heavy atom. The topological polar surface area (TPSA) is 72.1 Å². The number of aromatic nitrogens is 3. The van der Waals surface area contributed by atoms with Crippen LogP contribution in [0.25, 0.3) is 0 Å². The van der Waals surface area contributed by atoms with Crippen LogP contribution in [-0.4, -0.2) is 21.1 Å². The van der Waals surface area contributed by atoms with Gasteiger partial charge in [0, 0.05) is 23.5 Å². The minimum atomic E-state index is -0.188. The molecule has 0 aliphatic rings. The van der Waals surface area contributed by atoms with E-state index in [-0.39, 0.29) is 11.3 Å². The van der Waals surface area contributed by atoms with Crippen LogP contribution in [0.15, 0.2) is 27.2 Å². The fraction of sp³-hybridized carbons (Fsp3) is 0.400. The number of amides is 1. The molecule has 0 radical (unpaired) electrons. The number of thiazole rings is 1. The number of carbonyl (C=O) groups excluding carboxylic acids is 1. The molecule has 6 nitrogen and oxygen atoms in total. The Labute approximate surface area is 183 Å². The fourth-order valence-corrected chi connectivity index (χ4v) is 4.79. The molecule has 0 bridgehead atoms. The second-order valence-electron chi connectivity index (χ2n) is 7.80. The van der Waals surface area contributed by atoms with Crippen molar-refractivity contribution in [2.75, 3.05) is 4.90 Å². The van der Waals surface area contributed by atoms with Crippen LogP contribution < -0.4 is 4.90 Å². The summed E-state index contributed by atoms with van der Waals surface area (Å²) < 4.78 is 5.71. The highest BCUT2D eigenvalue weighted by Crippen LogP contribution is 2.38. The molecule has 0 saturated carbocycles. The quantitative estimate of drug-likeness (QED) is 0.439. The molecular formula is C20H23ClN4O2S2. The van der Waals surface area contributed by atoms with E-state index in [2.05, 4.69) is 15.2 Å². The molecule has 2 aromatic heterocycles. The number of benzene rings is 1. The van der Waals surface area contributed by atoms with E-state index in [1.165, 1.54) is 30.0 Å². The molecule has 2 heterocycles. The Morgan fingerprint density at radius 1 is 1.28 bits per heavy atom. The van der Waals surface area contributed by atoms with Crippen molar-refractivity contribution in [1.82, 2.24) is 15.2 Å². The molecular weight excluding hydrogens is 428 g/mol. The molecule has 1 aromatic carbocycles. The van der Waals surface area contributed by atoms with E-state index in [4.69, 9.17) is 16.0 Å². The lowest BCUT2D eigenvalue weighted by molar-refractivity contribution is -0.115. The summed E-state index contributed by atoms with van der Waals surface area (Å²) in [6.45, 7) is 11.5. The standard InChI is InChI=1S/C20H23ClN4O2S2/c1-11-7-12(2)16(15(21)8-11)25(13(3)26)18-22-14(9-28-18)10-29-19-24-23-17(27-19)20(4,5)6/h7-9H,10H2,1-6H3. The van der Waals surface area contributed by atoms with Crippen molar-refractivity contribution >= 4 is 51.4 Å². The van der Waals surface area contributed by atoms with E-state index < -0.39 is 0 Å². The molecule has 1 amide bonds. The van der Waals surface area contributed by atoms with Crippen molar-refractivity contribution in [3.8, 4) is 0 Å². The lowest BCUT2D eigenvalue weighted by Gasteiger charge is -2.22. The molecule has 0 atom stereocenters. The van der Waals surface area contributed by atoms with Crippen LogP contribution in [0, 0.1) is 13.8 Å². The Bertz CT molecular complexity index is 1020. The molecule has 3 rings (SSSR count). The SMILES string of the molecule is CC(=O)N(c1nc(CSc2nnc(C(C)(C)C)o2)cs1)c1c(C)cc(C)cc1Cl. The van der Waals surface area contributed by atoms with E-state index >= 15 is 0 Å². The van der Waals surface area contributed by atoms with Gasteiger partial charge in [-0.1, -0.05) is 50.2 Å². The van der Waals surface area contributed by atoms with Crippen molar-refractivity contribution in [2.24, 2.45) is 0 Å². The smallest absolute Gasteiger partial charge is 0.276 e. The predicted molar refractivity (Wildman–Crippen MR) is 118 cm³/mol. The largest absolute Gasteiger partial charge is 0.415 e.